The van der Waals surface area contributed by atoms with E-state index in [9.17, 15) is 4.39 Å². The topological polar surface area (TPSA) is 21.7 Å². The van der Waals surface area contributed by atoms with Crippen LogP contribution in [0.25, 0.3) is 0 Å². The summed E-state index contributed by atoms with van der Waals surface area (Å²) >= 11 is 0. The lowest BCUT2D eigenvalue weighted by Crippen LogP contribution is -2.39. The number of likely N-dealkylation sites (tertiary alicyclic amines) is 1. The van der Waals surface area contributed by atoms with Crippen LogP contribution < -0.4 is 0 Å². The molecular formula is C15H20FNO2. The molecule has 0 amide bonds. The van der Waals surface area contributed by atoms with Crippen LogP contribution in [0.3, 0.4) is 0 Å². The zero-order chi connectivity index (χ0) is 13.5. The molecule has 2 heterocycles. The largest absolute Gasteiger partial charge is 0.343 e. The van der Waals surface area contributed by atoms with E-state index in [1.807, 2.05) is 32.0 Å². The van der Waals surface area contributed by atoms with Gasteiger partial charge in [0, 0.05) is 13.1 Å². The average Bonchev–Trinajstić information content (AvgIpc) is 2.81. The third-order valence-electron chi connectivity index (χ3n) is 3.87. The minimum absolute atomic E-state index is 0.0144. The second-order valence-electron chi connectivity index (χ2n) is 5.78. The number of rotatable bonds is 3. The number of hydrogen-bond acceptors (Lipinski definition) is 3. The van der Waals surface area contributed by atoms with Crippen molar-refractivity contribution in [1.29, 1.82) is 0 Å². The lowest BCUT2D eigenvalue weighted by Gasteiger charge is -2.28. The average molecular weight is 265 g/mol. The first kappa shape index (κ1) is 13.0. The van der Waals surface area contributed by atoms with E-state index in [2.05, 4.69) is 17.0 Å². The molecule has 0 spiro atoms. The monoisotopic (exact) mass is 265 g/mol. The van der Waals surface area contributed by atoms with Crippen molar-refractivity contribution >= 4 is 0 Å². The highest BCUT2D eigenvalue weighted by Gasteiger charge is 2.52. The molecule has 3 rings (SSSR count). The Morgan fingerprint density at radius 3 is 2.68 bits per heavy atom. The Labute approximate surface area is 113 Å². The molecule has 0 aromatic heterocycles. The van der Waals surface area contributed by atoms with Gasteiger partial charge in [-0.25, -0.2) is 4.39 Å². The van der Waals surface area contributed by atoms with Crippen molar-refractivity contribution in [2.45, 2.75) is 44.4 Å². The van der Waals surface area contributed by atoms with Gasteiger partial charge in [0.05, 0.1) is 6.04 Å². The smallest absolute Gasteiger partial charge is 0.163 e. The van der Waals surface area contributed by atoms with Gasteiger partial charge in [0.1, 0.15) is 18.9 Å². The van der Waals surface area contributed by atoms with Gasteiger partial charge >= 0.3 is 0 Å². The van der Waals surface area contributed by atoms with E-state index in [1.54, 1.807) is 0 Å². The van der Waals surface area contributed by atoms with Crippen molar-refractivity contribution in [3.63, 3.8) is 0 Å². The number of benzene rings is 1. The summed E-state index contributed by atoms with van der Waals surface area (Å²) in [4.78, 5) is 2.12. The van der Waals surface area contributed by atoms with Crippen LogP contribution in [0.2, 0.25) is 0 Å². The maximum atomic E-state index is 13.4. The molecule has 0 saturated carbocycles. The minimum atomic E-state index is -0.582. The van der Waals surface area contributed by atoms with Crippen LogP contribution in [-0.2, 0) is 16.0 Å². The third kappa shape index (κ3) is 2.53. The van der Waals surface area contributed by atoms with E-state index in [0.717, 1.165) is 13.1 Å². The molecule has 0 bridgehead atoms. The van der Waals surface area contributed by atoms with Gasteiger partial charge in [-0.15, -0.1) is 0 Å². The molecule has 0 unspecified atom stereocenters. The summed E-state index contributed by atoms with van der Waals surface area (Å²) in [5.74, 6) is -0.582. The molecule has 0 radical (unpaired) electrons. The normalized spacial score (nSPS) is 33.5. The highest BCUT2D eigenvalue weighted by molar-refractivity contribution is 5.15. The predicted octanol–water partition coefficient (Wildman–Crippen LogP) is 2.36. The highest BCUT2D eigenvalue weighted by atomic mass is 19.1. The van der Waals surface area contributed by atoms with Gasteiger partial charge in [-0.05, 0) is 19.4 Å². The fourth-order valence-corrected chi connectivity index (χ4v) is 3.09. The zero-order valence-corrected chi connectivity index (χ0v) is 11.4. The van der Waals surface area contributed by atoms with Crippen LogP contribution in [-0.4, -0.2) is 42.2 Å². The molecule has 104 valence electrons. The highest BCUT2D eigenvalue weighted by Crippen LogP contribution is 2.37. The second kappa shape index (κ2) is 4.85. The van der Waals surface area contributed by atoms with E-state index >= 15 is 0 Å². The van der Waals surface area contributed by atoms with Gasteiger partial charge in [0.15, 0.2) is 5.79 Å². The molecule has 1 aromatic carbocycles. The SMILES string of the molecule is CC1(C)O[C@H]2[C@H](CN(Cc3ccccc3)[C@H]2CF)O1. The van der Waals surface area contributed by atoms with Crippen molar-refractivity contribution < 1.29 is 13.9 Å². The van der Waals surface area contributed by atoms with Crippen LogP contribution >= 0.6 is 0 Å². The number of nitrogens with zero attached hydrogens (tertiary/aromatic N) is 1. The Hall–Kier alpha value is -0.970. The first-order chi connectivity index (χ1) is 9.09. The van der Waals surface area contributed by atoms with E-state index in [0.29, 0.717) is 0 Å². The Morgan fingerprint density at radius 1 is 1.26 bits per heavy atom. The van der Waals surface area contributed by atoms with E-state index < -0.39 is 12.5 Å². The number of ether oxygens (including phenoxy) is 2. The maximum absolute atomic E-state index is 13.4. The third-order valence-corrected chi connectivity index (χ3v) is 3.87. The molecule has 2 saturated heterocycles. The van der Waals surface area contributed by atoms with Crippen LogP contribution in [0.4, 0.5) is 4.39 Å². The molecule has 19 heavy (non-hydrogen) atoms. The summed E-state index contributed by atoms with van der Waals surface area (Å²) in [6.07, 6.45) is -0.164. The Morgan fingerprint density at radius 2 is 2.00 bits per heavy atom. The molecular weight excluding hydrogens is 245 g/mol. The Bertz CT molecular complexity index is 437. The molecule has 4 heteroatoms. The summed E-state index contributed by atoms with van der Waals surface area (Å²) in [6.45, 7) is 4.87. The zero-order valence-electron chi connectivity index (χ0n) is 11.4. The van der Waals surface area contributed by atoms with E-state index in [1.165, 1.54) is 5.56 Å². The molecule has 2 aliphatic rings. The van der Waals surface area contributed by atoms with Gasteiger partial charge in [0.25, 0.3) is 0 Å². The summed E-state index contributed by atoms with van der Waals surface area (Å²) in [7, 11) is 0. The number of fused-ring (bicyclic) bond motifs is 1. The first-order valence-corrected chi connectivity index (χ1v) is 6.78. The molecule has 3 atom stereocenters. The Kier molecular flexibility index (Phi) is 3.33. The quantitative estimate of drug-likeness (QED) is 0.837. The molecule has 0 N–H and O–H groups in total. The van der Waals surface area contributed by atoms with Gasteiger partial charge in [-0.2, -0.15) is 0 Å². The van der Waals surface area contributed by atoms with E-state index in [4.69, 9.17) is 9.47 Å². The van der Waals surface area contributed by atoms with Crippen molar-refractivity contribution in [2.75, 3.05) is 13.2 Å². The number of alkyl halides is 1. The number of halogens is 1. The van der Waals surface area contributed by atoms with Gasteiger partial charge in [0.2, 0.25) is 0 Å². The van der Waals surface area contributed by atoms with Gasteiger partial charge in [-0.1, -0.05) is 30.3 Å². The van der Waals surface area contributed by atoms with Crippen LogP contribution in [0.5, 0.6) is 0 Å². The molecule has 3 nitrogen and oxygen atoms in total. The second-order valence-corrected chi connectivity index (χ2v) is 5.78. The van der Waals surface area contributed by atoms with Crippen LogP contribution in [0, 0.1) is 0 Å². The van der Waals surface area contributed by atoms with Crippen molar-refractivity contribution in [3.8, 4) is 0 Å². The van der Waals surface area contributed by atoms with E-state index in [-0.39, 0.29) is 18.2 Å². The summed E-state index contributed by atoms with van der Waals surface area (Å²) < 4.78 is 25.0. The lowest BCUT2D eigenvalue weighted by atomic mass is 10.1. The fraction of sp³-hybridized carbons (Fsp3) is 0.600. The van der Waals surface area contributed by atoms with Crippen LogP contribution in [0.15, 0.2) is 30.3 Å². The van der Waals surface area contributed by atoms with Crippen molar-refractivity contribution in [1.82, 2.24) is 4.90 Å². The standard InChI is InChI=1S/C15H20FNO2/c1-15(2)18-13-10-17(12(8-16)14(13)19-15)9-11-6-4-3-5-7-11/h3-7,12-14H,8-10H2,1-2H3/t12-,13-,14+/m0/s1. The lowest BCUT2D eigenvalue weighted by molar-refractivity contribution is -0.162. The van der Waals surface area contributed by atoms with Gasteiger partial charge < -0.3 is 9.47 Å². The molecule has 0 aliphatic carbocycles. The molecule has 2 aliphatic heterocycles. The van der Waals surface area contributed by atoms with Crippen LogP contribution in [0.1, 0.15) is 19.4 Å². The molecule has 1 aromatic rings. The fourth-order valence-electron chi connectivity index (χ4n) is 3.09. The Balaban J connectivity index is 1.72. The first-order valence-electron chi connectivity index (χ1n) is 6.78. The maximum Gasteiger partial charge on any atom is 0.163 e. The van der Waals surface area contributed by atoms with Gasteiger partial charge in [-0.3, -0.25) is 4.90 Å². The summed E-state index contributed by atoms with van der Waals surface area (Å²) in [5, 5.41) is 0. The minimum Gasteiger partial charge on any atom is -0.343 e. The predicted molar refractivity (Wildman–Crippen MR) is 70.4 cm³/mol. The number of hydrogen-bond donors (Lipinski definition) is 0. The summed E-state index contributed by atoms with van der Waals surface area (Å²) in [5.41, 5.74) is 1.19. The van der Waals surface area contributed by atoms with Crippen molar-refractivity contribution in [3.05, 3.63) is 35.9 Å². The van der Waals surface area contributed by atoms with Crippen molar-refractivity contribution in [2.24, 2.45) is 0 Å². The summed E-state index contributed by atoms with van der Waals surface area (Å²) in [6, 6.07) is 9.93. The molecule has 2 fully saturated rings.